The smallest absolute Gasteiger partial charge is 0.251 e. The number of rotatable bonds is 10. The number of carbonyl (C=O) groups excluding carboxylic acids is 1. The number of amides is 1. The molecule has 1 aliphatic heterocycles. The molecule has 8 heteroatoms. The summed E-state index contributed by atoms with van der Waals surface area (Å²) in [5, 5.41) is 3.33. The Bertz CT molecular complexity index is 888. The molecule has 32 heavy (non-hydrogen) atoms. The Kier molecular flexibility index (Phi) is 9.14. The second-order valence-electron chi connectivity index (χ2n) is 7.49. The lowest BCUT2D eigenvalue weighted by molar-refractivity contribution is 0.0162. The Hall–Kier alpha value is -2.35. The predicted molar refractivity (Wildman–Crippen MR) is 122 cm³/mol. The standard InChI is InChI=1S/C24H30ClFN2O4/c1-3-11-32-23-20(25)14-18(15-22(23)31-4-2)24(29)27-16-21(28-9-12-30-13-10-28)17-5-7-19(26)8-6-17/h5-8,14-15,21H,3-4,9-13,16H2,1-2H3,(H,27,29). The number of carbonyl (C=O) groups is 1. The molecular formula is C24H30ClFN2O4. The molecule has 174 valence electrons. The van der Waals surface area contributed by atoms with Crippen LogP contribution in [0.15, 0.2) is 36.4 Å². The monoisotopic (exact) mass is 464 g/mol. The third kappa shape index (κ3) is 6.34. The Morgan fingerprint density at radius 1 is 1.19 bits per heavy atom. The van der Waals surface area contributed by atoms with Gasteiger partial charge in [0.2, 0.25) is 0 Å². The minimum atomic E-state index is -0.290. The molecule has 0 aliphatic carbocycles. The molecule has 0 aromatic heterocycles. The van der Waals surface area contributed by atoms with E-state index >= 15 is 0 Å². The van der Waals surface area contributed by atoms with E-state index in [0.717, 1.165) is 25.1 Å². The van der Waals surface area contributed by atoms with Gasteiger partial charge in [0.15, 0.2) is 11.5 Å². The summed E-state index contributed by atoms with van der Waals surface area (Å²) in [5.41, 5.74) is 1.33. The molecule has 0 bridgehead atoms. The van der Waals surface area contributed by atoms with Crippen molar-refractivity contribution in [1.82, 2.24) is 10.2 Å². The fourth-order valence-electron chi connectivity index (χ4n) is 3.63. The average molecular weight is 465 g/mol. The van der Waals surface area contributed by atoms with Crippen molar-refractivity contribution in [2.75, 3.05) is 46.1 Å². The minimum Gasteiger partial charge on any atom is -0.490 e. The maximum atomic E-state index is 13.4. The second-order valence-corrected chi connectivity index (χ2v) is 7.90. The van der Waals surface area contributed by atoms with Crippen LogP contribution in [0, 0.1) is 5.82 Å². The lowest BCUT2D eigenvalue weighted by Crippen LogP contribution is -2.43. The number of hydrogen-bond donors (Lipinski definition) is 1. The first-order valence-corrected chi connectivity index (χ1v) is 11.4. The van der Waals surface area contributed by atoms with E-state index in [4.69, 9.17) is 25.8 Å². The summed E-state index contributed by atoms with van der Waals surface area (Å²) in [6.45, 7) is 7.87. The summed E-state index contributed by atoms with van der Waals surface area (Å²) in [6, 6.07) is 9.53. The minimum absolute atomic E-state index is 0.0996. The lowest BCUT2D eigenvalue weighted by Gasteiger charge is -2.35. The summed E-state index contributed by atoms with van der Waals surface area (Å²) < 4.78 is 30.3. The van der Waals surface area contributed by atoms with E-state index in [1.165, 1.54) is 12.1 Å². The first kappa shape index (κ1) is 24.3. The van der Waals surface area contributed by atoms with Gasteiger partial charge in [0.25, 0.3) is 5.91 Å². The van der Waals surface area contributed by atoms with Gasteiger partial charge in [0.1, 0.15) is 5.82 Å². The first-order valence-electron chi connectivity index (χ1n) is 11.0. The number of benzene rings is 2. The van der Waals surface area contributed by atoms with Crippen molar-refractivity contribution in [3.05, 3.63) is 58.4 Å². The van der Waals surface area contributed by atoms with Gasteiger partial charge in [-0.3, -0.25) is 9.69 Å². The number of hydrogen-bond acceptors (Lipinski definition) is 5. The molecule has 1 aliphatic rings. The molecule has 1 atom stereocenters. The molecule has 6 nitrogen and oxygen atoms in total. The zero-order valence-electron chi connectivity index (χ0n) is 18.5. The van der Waals surface area contributed by atoms with E-state index in [2.05, 4.69) is 10.2 Å². The van der Waals surface area contributed by atoms with E-state index < -0.39 is 0 Å². The van der Waals surface area contributed by atoms with Crippen molar-refractivity contribution < 1.29 is 23.4 Å². The predicted octanol–water partition coefficient (Wildman–Crippen LogP) is 4.47. The van der Waals surface area contributed by atoms with Crippen LogP contribution in [0.2, 0.25) is 5.02 Å². The molecule has 0 spiro atoms. The lowest BCUT2D eigenvalue weighted by atomic mass is 10.0. The van der Waals surface area contributed by atoms with Crippen LogP contribution in [0.5, 0.6) is 11.5 Å². The maximum absolute atomic E-state index is 13.4. The van der Waals surface area contributed by atoms with E-state index in [1.807, 2.05) is 13.8 Å². The second kappa shape index (κ2) is 12.0. The summed E-state index contributed by atoms with van der Waals surface area (Å²) in [4.78, 5) is 15.2. The number of nitrogens with one attached hydrogen (secondary N) is 1. The highest BCUT2D eigenvalue weighted by Crippen LogP contribution is 2.37. The van der Waals surface area contributed by atoms with Gasteiger partial charge in [-0.05, 0) is 43.2 Å². The summed E-state index contributed by atoms with van der Waals surface area (Å²) in [7, 11) is 0. The molecule has 1 amide bonds. The average Bonchev–Trinajstić information content (AvgIpc) is 2.80. The summed E-state index contributed by atoms with van der Waals surface area (Å²) in [5.74, 6) is 0.337. The molecule has 2 aromatic carbocycles. The number of nitrogens with zero attached hydrogens (tertiary/aromatic N) is 1. The van der Waals surface area contributed by atoms with Gasteiger partial charge in [-0.25, -0.2) is 4.39 Å². The molecule has 1 fully saturated rings. The molecular weight excluding hydrogens is 435 g/mol. The molecule has 1 saturated heterocycles. The third-order valence-electron chi connectivity index (χ3n) is 5.22. The highest BCUT2D eigenvalue weighted by Gasteiger charge is 2.24. The maximum Gasteiger partial charge on any atom is 0.251 e. The molecule has 1 unspecified atom stereocenters. The molecule has 0 radical (unpaired) electrons. The fraction of sp³-hybridized carbons (Fsp3) is 0.458. The first-order chi connectivity index (χ1) is 15.5. The van der Waals surface area contributed by atoms with Gasteiger partial charge in [-0.1, -0.05) is 30.7 Å². The van der Waals surface area contributed by atoms with Crippen LogP contribution in [0.1, 0.15) is 42.2 Å². The zero-order chi connectivity index (χ0) is 22.9. The van der Waals surface area contributed by atoms with Crippen molar-refractivity contribution in [3.8, 4) is 11.5 Å². The van der Waals surface area contributed by atoms with Gasteiger partial charge < -0.3 is 19.5 Å². The largest absolute Gasteiger partial charge is 0.490 e. The van der Waals surface area contributed by atoms with Crippen LogP contribution >= 0.6 is 11.6 Å². The molecule has 1 N–H and O–H groups in total. The SMILES string of the molecule is CCCOc1c(Cl)cc(C(=O)NCC(c2ccc(F)cc2)N2CCOCC2)cc1OCC. The molecule has 3 rings (SSSR count). The van der Waals surface area contributed by atoms with Crippen molar-refractivity contribution >= 4 is 17.5 Å². The Morgan fingerprint density at radius 3 is 2.56 bits per heavy atom. The van der Waals surface area contributed by atoms with Crippen LogP contribution in [-0.4, -0.2) is 56.9 Å². The van der Waals surface area contributed by atoms with E-state index in [0.29, 0.717) is 55.1 Å². The van der Waals surface area contributed by atoms with Crippen LogP contribution in [0.25, 0.3) is 0 Å². The normalized spacial score (nSPS) is 15.2. The summed E-state index contributed by atoms with van der Waals surface area (Å²) >= 11 is 6.40. The van der Waals surface area contributed by atoms with E-state index in [9.17, 15) is 9.18 Å². The molecule has 0 saturated carbocycles. The summed E-state index contributed by atoms with van der Waals surface area (Å²) in [6.07, 6.45) is 0.830. The topological polar surface area (TPSA) is 60.0 Å². The van der Waals surface area contributed by atoms with Gasteiger partial charge >= 0.3 is 0 Å². The van der Waals surface area contributed by atoms with Crippen molar-refractivity contribution in [2.24, 2.45) is 0 Å². The number of morpholine rings is 1. The van der Waals surface area contributed by atoms with Crippen molar-refractivity contribution in [1.29, 1.82) is 0 Å². The highest BCUT2D eigenvalue weighted by atomic mass is 35.5. The highest BCUT2D eigenvalue weighted by molar-refractivity contribution is 6.32. The van der Waals surface area contributed by atoms with Gasteiger partial charge in [0, 0.05) is 25.2 Å². The van der Waals surface area contributed by atoms with Crippen molar-refractivity contribution in [2.45, 2.75) is 26.3 Å². The van der Waals surface area contributed by atoms with Crippen LogP contribution < -0.4 is 14.8 Å². The number of halogens is 2. The Balaban J connectivity index is 1.77. The Morgan fingerprint density at radius 2 is 1.91 bits per heavy atom. The third-order valence-corrected chi connectivity index (χ3v) is 5.50. The van der Waals surface area contributed by atoms with E-state index in [1.54, 1.807) is 24.3 Å². The molecule has 1 heterocycles. The van der Waals surface area contributed by atoms with Crippen LogP contribution in [0.4, 0.5) is 4.39 Å². The van der Waals surface area contributed by atoms with Crippen molar-refractivity contribution in [3.63, 3.8) is 0 Å². The van der Waals surface area contributed by atoms with Gasteiger partial charge in [0.05, 0.1) is 37.5 Å². The Labute approximate surface area is 193 Å². The fourth-order valence-corrected chi connectivity index (χ4v) is 3.89. The quantitative estimate of drug-likeness (QED) is 0.562. The van der Waals surface area contributed by atoms with Gasteiger partial charge in [-0.2, -0.15) is 0 Å². The van der Waals surface area contributed by atoms with Crippen LogP contribution in [0.3, 0.4) is 0 Å². The zero-order valence-corrected chi connectivity index (χ0v) is 19.3. The number of ether oxygens (including phenoxy) is 3. The van der Waals surface area contributed by atoms with Gasteiger partial charge in [-0.15, -0.1) is 0 Å². The molecule has 2 aromatic rings. The van der Waals surface area contributed by atoms with Crippen LogP contribution in [-0.2, 0) is 4.74 Å². The van der Waals surface area contributed by atoms with E-state index in [-0.39, 0.29) is 17.8 Å².